The first-order valence-corrected chi connectivity index (χ1v) is 7.35. The molecule has 1 atom stereocenters. The molecule has 0 aliphatic carbocycles. The molecular weight excluding hydrogens is 283 g/mol. The van der Waals surface area contributed by atoms with Gasteiger partial charge in [-0.3, -0.25) is 0 Å². The van der Waals surface area contributed by atoms with Gasteiger partial charge in [-0.1, -0.05) is 24.3 Å². The summed E-state index contributed by atoms with van der Waals surface area (Å²) in [4.78, 5) is 3.26. The lowest BCUT2D eigenvalue weighted by molar-refractivity contribution is 0.600. The summed E-state index contributed by atoms with van der Waals surface area (Å²) in [7, 11) is 0. The Morgan fingerprint density at radius 2 is 1.90 bits per heavy atom. The van der Waals surface area contributed by atoms with Crippen LogP contribution in [0, 0.1) is 24.4 Å². The first-order chi connectivity index (χ1) is 9.99. The Kier molecular flexibility index (Phi) is 3.41. The quantitative estimate of drug-likeness (QED) is 0.656. The van der Waals surface area contributed by atoms with Crippen molar-refractivity contribution in [1.82, 2.24) is 9.55 Å². The van der Waals surface area contributed by atoms with Crippen LogP contribution in [0.5, 0.6) is 0 Å². The summed E-state index contributed by atoms with van der Waals surface area (Å²) in [6.07, 6.45) is 0. The Labute approximate surface area is 128 Å². The summed E-state index contributed by atoms with van der Waals surface area (Å²) in [6.45, 7) is 5.86. The van der Waals surface area contributed by atoms with E-state index in [0.717, 1.165) is 22.2 Å². The topological polar surface area (TPSA) is 20.7 Å². The number of nitrogens with zero attached hydrogens (tertiary/aromatic N) is 1. The van der Waals surface area contributed by atoms with Crippen LogP contribution >= 0.6 is 12.2 Å². The van der Waals surface area contributed by atoms with Crippen LogP contribution in [0.1, 0.15) is 29.7 Å². The normalized spacial score (nSPS) is 12.8. The van der Waals surface area contributed by atoms with Crippen molar-refractivity contribution in [3.63, 3.8) is 0 Å². The molecule has 1 N–H and O–H groups in total. The van der Waals surface area contributed by atoms with Crippen molar-refractivity contribution in [2.45, 2.75) is 26.8 Å². The maximum absolute atomic E-state index is 13.8. The SMILES string of the molecule is Cc1ccc(C(C)n2c(=S)[nH]c3c(C)cccc32)cc1F. The summed E-state index contributed by atoms with van der Waals surface area (Å²) in [5, 5.41) is 0. The number of imidazole rings is 1. The highest BCUT2D eigenvalue weighted by atomic mass is 32.1. The molecular formula is C17H17FN2S. The average molecular weight is 300 g/mol. The Bertz CT molecular complexity index is 876. The molecule has 1 aromatic heterocycles. The molecule has 0 aliphatic rings. The molecule has 2 nitrogen and oxygen atoms in total. The molecule has 0 saturated carbocycles. The Hall–Kier alpha value is -1.94. The summed E-state index contributed by atoms with van der Waals surface area (Å²) in [6, 6.07) is 11.4. The van der Waals surface area contributed by atoms with Crippen LogP contribution < -0.4 is 0 Å². The highest BCUT2D eigenvalue weighted by molar-refractivity contribution is 7.71. The van der Waals surface area contributed by atoms with Gasteiger partial charge in [0.05, 0.1) is 17.1 Å². The smallest absolute Gasteiger partial charge is 0.178 e. The van der Waals surface area contributed by atoms with Crippen molar-refractivity contribution in [1.29, 1.82) is 0 Å². The molecule has 0 fully saturated rings. The Morgan fingerprint density at radius 3 is 2.62 bits per heavy atom. The molecule has 0 spiro atoms. The molecule has 1 unspecified atom stereocenters. The molecule has 21 heavy (non-hydrogen) atoms. The van der Waals surface area contributed by atoms with E-state index in [1.54, 1.807) is 13.0 Å². The van der Waals surface area contributed by atoms with E-state index in [1.165, 1.54) is 0 Å². The average Bonchev–Trinajstić information content (AvgIpc) is 2.79. The van der Waals surface area contributed by atoms with E-state index < -0.39 is 0 Å². The van der Waals surface area contributed by atoms with Crippen molar-refractivity contribution < 1.29 is 4.39 Å². The lowest BCUT2D eigenvalue weighted by Gasteiger charge is -2.16. The second-order valence-corrected chi connectivity index (χ2v) is 5.84. The monoisotopic (exact) mass is 300 g/mol. The van der Waals surface area contributed by atoms with Gasteiger partial charge >= 0.3 is 0 Å². The van der Waals surface area contributed by atoms with Gasteiger partial charge in [0, 0.05) is 0 Å². The van der Waals surface area contributed by atoms with Gasteiger partial charge in [0.2, 0.25) is 0 Å². The maximum Gasteiger partial charge on any atom is 0.178 e. The number of hydrogen-bond acceptors (Lipinski definition) is 1. The molecule has 3 aromatic rings. The number of aryl methyl sites for hydroxylation is 2. The Balaban J connectivity index is 2.20. The predicted molar refractivity (Wildman–Crippen MR) is 86.8 cm³/mol. The van der Waals surface area contributed by atoms with Gasteiger partial charge in [-0.15, -0.1) is 0 Å². The lowest BCUT2D eigenvalue weighted by Crippen LogP contribution is -2.07. The van der Waals surface area contributed by atoms with E-state index in [0.29, 0.717) is 10.3 Å². The van der Waals surface area contributed by atoms with Crippen molar-refractivity contribution in [2.24, 2.45) is 0 Å². The van der Waals surface area contributed by atoms with E-state index in [9.17, 15) is 4.39 Å². The maximum atomic E-state index is 13.8. The third kappa shape index (κ3) is 2.29. The summed E-state index contributed by atoms with van der Waals surface area (Å²) in [5.41, 5.74) is 4.82. The number of aromatic amines is 1. The van der Waals surface area contributed by atoms with Crippen LogP contribution in [-0.4, -0.2) is 9.55 Å². The zero-order chi connectivity index (χ0) is 15.1. The highest BCUT2D eigenvalue weighted by Gasteiger charge is 2.15. The highest BCUT2D eigenvalue weighted by Crippen LogP contribution is 2.26. The fourth-order valence-corrected chi connectivity index (χ4v) is 3.05. The number of halogens is 1. The third-order valence-corrected chi connectivity index (χ3v) is 4.33. The van der Waals surface area contributed by atoms with Crippen LogP contribution in [-0.2, 0) is 0 Å². The van der Waals surface area contributed by atoms with Crippen LogP contribution in [0.3, 0.4) is 0 Å². The standard InChI is InChI=1S/C17H17FN2S/c1-10-7-8-13(9-14(10)18)12(3)20-15-6-4-5-11(2)16(15)19-17(20)21/h4-9,12H,1-3H3,(H,19,21). The number of nitrogens with one attached hydrogen (secondary N) is 1. The molecule has 1 heterocycles. The van der Waals surface area contributed by atoms with Gasteiger partial charge in [-0.2, -0.15) is 0 Å². The van der Waals surface area contributed by atoms with Crippen molar-refractivity contribution in [2.75, 3.05) is 0 Å². The largest absolute Gasteiger partial charge is 0.330 e. The van der Waals surface area contributed by atoms with Crippen molar-refractivity contribution >= 4 is 23.3 Å². The van der Waals surface area contributed by atoms with Crippen LogP contribution in [0.25, 0.3) is 11.0 Å². The minimum absolute atomic E-state index is 0.0249. The fourth-order valence-electron chi connectivity index (χ4n) is 2.69. The Morgan fingerprint density at radius 1 is 1.14 bits per heavy atom. The first-order valence-electron chi connectivity index (χ1n) is 6.95. The molecule has 0 radical (unpaired) electrons. The number of benzene rings is 2. The van der Waals surface area contributed by atoms with Crippen LogP contribution in [0.2, 0.25) is 0 Å². The van der Waals surface area contributed by atoms with E-state index in [1.807, 2.05) is 48.7 Å². The van der Waals surface area contributed by atoms with Gasteiger partial charge in [-0.25, -0.2) is 4.39 Å². The number of H-pyrrole nitrogens is 1. The van der Waals surface area contributed by atoms with E-state index in [2.05, 4.69) is 4.98 Å². The van der Waals surface area contributed by atoms with Crippen molar-refractivity contribution in [3.8, 4) is 0 Å². The molecule has 108 valence electrons. The minimum Gasteiger partial charge on any atom is -0.330 e. The second kappa shape index (κ2) is 5.11. The summed E-state index contributed by atoms with van der Waals surface area (Å²) >= 11 is 5.46. The predicted octanol–water partition coefficient (Wildman–Crippen LogP) is 5.06. The van der Waals surface area contributed by atoms with E-state index in [4.69, 9.17) is 12.2 Å². The van der Waals surface area contributed by atoms with Crippen LogP contribution in [0.4, 0.5) is 4.39 Å². The number of aromatic nitrogens is 2. The second-order valence-electron chi connectivity index (χ2n) is 5.45. The number of para-hydroxylation sites is 1. The first kappa shape index (κ1) is 14.0. The number of hydrogen-bond donors (Lipinski definition) is 1. The molecule has 0 bridgehead atoms. The summed E-state index contributed by atoms with van der Waals surface area (Å²) in [5.74, 6) is -0.179. The molecule has 0 saturated heterocycles. The van der Waals surface area contributed by atoms with Crippen LogP contribution in [0.15, 0.2) is 36.4 Å². The fraction of sp³-hybridized carbons (Fsp3) is 0.235. The van der Waals surface area contributed by atoms with Gasteiger partial charge < -0.3 is 9.55 Å². The molecule has 0 amide bonds. The van der Waals surface area contributed by atoms with Gasteiger partial charge in [0.1, 0.15) is 5.82 Å². The van der Waals surface area contributed by atoms with E-state index >= 15 is 0 Å². The number of fused-ring (bicyclic) bond motifs is 1. The summed E-state index contributed by atoms with van der Waals surface area (Å²) < 4.78 is 16.5. The van der Waals surface area contributed by atoms with Gasteiger partial charge in [0.15, 0.2) is 4.77 Å². The molecule has 4 heteroatoms. The zero-order valence-corrected chi connectivity index (χ0v) is 13.1. The third-order valence-electron chi connectivity index (χ3n) is 4.03. The zero-order valence-electron chi connectivity index (χ0n) is 12.3. The lowest BCUT2D eigenvalue weighted by atomic mass is 10.1. The molecule has 3 rings (SSSR count). The minimum atomic E-state index is -0.179. The van der Waals surface area contributed by atoms with Gasteiger partial charge in [0.25, 0.3) is 0 Å². The van der Waals surface area contributed by atoms with Gasteiger partial charge in [-0.05, 0) is 61.8 Å². The molecule has 0 aliphatic heterocycles. The van der Waals surface area contributed by atoms with E-state index in [-0.39, 0.29) is 11.9 Å². The molecule has 2 aromatic carbocycles. The number of rotatable bonds is 2. The van der Waals surface area contributed by atoms with Crippen molar-refractivity contribution in [3.05, 3.63) is 63.7 Å².